The maximum Gasteiger partial charge on any atom is 0.239 e. The Labute approximate surface area is 123 Å². The molecule has 2 aliphatic heterocycles. The third-order valence-electron chi connectivity index (χ3n) is 5.13. The Hall–Kier alpha value is -0.610. The molecule has 0 radical (unpaired) electrons. The van der Waals surface area contributed by atoms with E-state index in [0.717, 1.165) is 26.2 Å². The molecule has 2 aliphatic rings. The Bertz CT molecular complexity index is 313. The Balaban J connectivity index is 1.97. The minimum atomic E-state index is 0.0115. The van der Waals surface area contributed by atoms with E-state index in [-0.39, 0.29) is 6.04 Å². The third kappa shape index (κ3) is 3.73. The highest BCUT2D eigenvalue weighted by Crippen LogP contribution is 2.24. The molecule has 20 heavy (non-hydrogen) atoms. The van der Waals surface area contributed by atoms with E-state index in [9.17, 15) is 4.79 Å². The molecule has 4 nitrogen and oxygen atoms in total. The van der Waals surface area contributed by atoms with Crippen LogP contribution >= 0.6 is 0 Å². The molecule has 2 fully saturated rings. The van der Waals surface area contributed by atoms with Crippen LogP contribution in [0.3, 0.4) is 0 Å². The molecule has 0 aromatic carbocycles. The van der Waals surface area contributed by atoms with Crippen molar-refractivity contribution in [3.05, 3.63) is 0 Å². The fourth-order valence-corrected chi connectivity index (χ4v) is 3.64. The summed E-state index contributed by atoms with van der Waals surface area (Å²) in [4.78, 5) is 17.2. The molecule has 2 heterocycles. The Morgan fingerprint density at radius 1 is 1.20 bits per heavy atom. The van der Waals surface area contributed by atoms with E-state index in [1.165, 1.54) is 38.5 Å². The highest BCUT2D eigenvalue weighted by Gasteiger charge is 2.33. The average Bonchev–Trinajstić information content (AvgIpc) is 2.75. The number of piperidine rings is 1. The van der Waals surface area contributed by atoms with Crippen molar-refractivity contribution in [3.8, 4) is 0 Å². The van der Waals surface area contributed by atoms with Crippen molar-refractivity contribution in [2.45, 2.75) is 64.5 Å². The molecule has 0 saturated carbocycles. The van der Waals surface area contributed by atoms with Crippen molar-refractivity contribution in [1.82, 2.24) is 9.80 Å². The van der Waals surface area contributed by atoms with Gasteiger partial charge in [-0.2, -0.15) is 0 Å². The number of rotatable bonds is 3. The van der Waals surface area contributed by atoms with Gasteiger partial charge >= 0.3 is 0 Å². The predicted octanol–water partition coefficient (Wildman–Crippen LogP) is 1.84. The van der Waals surface area contributed by atoms with Crippen molar-refractivity contribution in [2.24, 2.45) is 11.7 Å². The molecule has 4 heteroatoms. The molecule has 0 aromatic heterocycles. The van der Waals surface area contributed by atoms with Gasteiger partial charge in [-0.1, -0.05) is 12.8 Å². The quantitative estimate of drug-likeness (QED) is 0.858. The summed E-state index contributed by atoms with van der Waals surface area (Å²) in [6.07, 6.45) is 7.25. The molecule has 2 rings (SSSR count). The minimum Gasteiger partial charge on any atom is -0.341 e. The number of nitrogens with two attached hydrogens (primary N) is 1. The van der Waals surface area contributed by atoms with Gasteiger partial charge in [0.05, 0.1) is 6.04 Å². The van der Waals surface area contributed by atoms with Crippen LogP contribution in [0, 0.1) is 5.92 Å². The van der Waals surface area contributed by atoms with E-state index >= 15 is 0 Å². The summed E-state index contributed by atoms with van der Waals surface area (Å²) in [6, 6.07) is 0.515. The molecular formula is C16H31N3O. The van der Waals surface area contributed by atoms with Gasteiger partial charge in [-0.05, 0) is 52.0 Å². The number of likely N-dealkylation sites (tertiary alicyclic amines) is 2. The molecule has 0 spiro atoms. The van der Waals surface area contributed by atoms with Crippen molar-refractivity contribution in [2.75, 3.05) is 26.2 Å². The molecule has 3 atom stereocenters. The van der Waals surface area contributed by atoms with Crippen LogP contribution in [0.4, 0.5) is 0 Å². The molecule has 0 aromatic rings. The number of nitrogens with zero attached hydrogens (tertiary/aromatic N) is 2. The fourth-order valence-electron chi connectivity index (χ4n) is 3.64. The Morgan fingerprint density at radius 2 is 1.85 bits per heavy atom. The van der Waals surface area contributed by atoms with Crippen LogP contribution in [0.5, 0.6) is 0 Å². The van der Waals surface area contributed by atoms with Crippen molar-refractivity contribution < 1.29 is 4.79 Å². The van der Waals surface area contributed by atoms with Crippen LogP contribution in [0.2, 0.25) is 0 Å². The van der Waals surface area contributed by atoms with E-state index in [2.05, 4.69) is 23.6 Å². The van der Waals surface area contributed by atoms with E-state index < -0.39 is 0 Å². The van der Waals surface area contributed by atoms with E-state index in [1.807, 2.05) is 0 Å². The molecule has 0 aliphatic carbocycles. The van der Waals surface area contributed by atoms with Crippen LogP contribution in [0.25, 0.3) is 0 Å². The van der Waals surface area contributed by atoms with Gasteiger partial charge < -0.3 is 10.6 Å². The maximum atomic E-state index is 12.7. The van der Waals surface area contributed by atoms with Crippen LogP contribution in [-0.2, 0) is 4.79 Å². The fraction of sp³-hybridized carbons (Fsp3) is 0.938. The SMILES string of the molecule is CC1CCC(CN)CN1C(C)C(=O)N1CCCCCC1. The smallest absolute Gasteiger partial charge is 0.239 e. The molecule has 2 saturated heterocycles. The summed E-state index contributed by atoms with van der Waals surface area (Å²) in [6.45, 7) is 7.96. The third-order valence-corrected chi connectivity index (χ3v) is 5.13. The normalized spacial score (nSPS) is 30.9. The second kappa shape index (κ2) is 7.41. The van der Waals surface area contributed by atoms with Crippen molar-refractivity contribution >= 4 is 5.91 Å². The lowest BCUT2D eigenvalue weighted by Crippen LogP contribution is -2.54. The summed E-state index contributed by atoms with van der Waals surface area (Å²) in [5.74, 6) is 0.891. The first-order valence-corrected chi connectivity index (χ1v) is 8.38. The van der Waals surface area contributed by atoms with Crippen LogP contribution in [-0.4, -0.2) is 54.0 Å². The zero-order chi connectivity index (χ0) is 14.5. The Morgan fingerprint density at radius 3 is 2.45 bits per heavy atom. The lowest BCUT2D eigenvalue weighted by molar-refractivity contribution is -0.138. The van der Waals surface area contributed by atoms with Gasteiger partial charge in [0.25, 0.3) is 0 Å². The highest BCUT2D eigenvalue weighted by molar-refractivity contribution is 5.81. The second-order valence-electron chi connectivity index (χ2n) is 6.64. The van der Waals surface area contributed by atoms with Crippen molar-refractivity contribution in [1.29, 1.82) is 0 Å². The van der Waals surface area contributed by atoms with Gasteiger partial charge in [-0.15, -0.1) is 0 Å². The topological polar surface area (TPSA) is 49.6 Å². The minimum absolute atomic E-state index is 0.0115. The van der Waals surface area contributed by atoms with E-state index in [1.54, 1.807) is 0 Å². The monoisotopic (exact) mass is 281 g/mol. The number of hydrogen-bond donors (Lipinski definition) is 1. The first-order valence-electron chi connectivity index (χ1n) is 8.38. The van der Waals surface area contributed by atoms with Gasteiger partial charge in [0.2, 0.25) is 5.91 Å². The van der Waals surface area contributed by atoms with Gasteiger partial charge in [0.1, 0.15) is 0 Å². The van der Waals surface area contributed by atoms with Gasteiger partial charge in [0, 0.05) is 25.7 Å². The lowest BCUT2D eigenvalue weighted by Gasteiger charge is -2.42. The largest absolute Gasteiger partial charge is 0.341 e. The molecule has 0 bridgehead atoms. The first-order chi connectivity index (χ1) is 9.63. The molecule has 2 N–H and O–H groups in total. The summed E-state index contributed by atoms with van der Waals surface area (Å²) in [5.41, 5.74) is 5.83. The molecule has 116 valence electrons. The van der Waals surface area contributed by atoms with Crippen LogP contribution < -0.4 is 5.73 Å². The standard InChI is InChI=1S/C16H31N3O/c1-13-7-8-15(11-17)12-19(13)14(2)16(20)18-9-5-3-4-6-10-18/h13-15H,3-12,17H2,1-2H3. The first kappa shape index (κ1) is 15.8. The number of amides is 1. The van der Waals surface area contributed by atoms with Gasteiger partial charge in [-0.25, -0.2) is 0 Å². The van der Waals surface area contributed by atoms with E-state index in [0.29, 0.717) is 17.9 Å². The summed E-state index contributed by atoms with van der Waals surface area (Å²) in [5, 5.41) is 0. The average molecular weight is 281 g/mol. The lowest BCUT2D eigenvalue weighted by atomic mass is 9.92. The molecule has 1 amide bonds. The number of carbonyl (C=O) groups is 1. The summed E-state index contributed by atoms with van der Waals surface area (Å²) in [7, 11) is 0. The maximum absolute atomic E-state index is 12.7. The number of carbonyl (C=O) groups excluding carboxylic acids is 1. The Kier molecular flexibility index (Phi) is 5.85. The van der Waals surface area contributed by atoms with Crippen LogP contribution in [0.1, 0.15) is 52.4 Å². The predicted molar refractivity (Wildman–Crippen MR) is 82.5 cm³/mol. The number of hydrogen-bond acceptors (Lipinski definition) is 3. The van der Waals surface area contributed by atoms with Crippen LogP contribution in [0.15, 0.2) is 0 Å². The van der Waals surface area contributed by atoms with Gasteiger partial charge in [-0.3, -0.25) is 9.69 Å². The second-order valence-corrected chi connectivity index (χ2v) is 6.64. The van der Waals surface area contributed by atoms with E-state index in [4.69, 9.17) is 5.73 Å². The summed E-state index contributed by atoms with van der Waals surface area (Å²) >= 11 is 0. The zero-order valence-electron chi connectivity index (χ0n) is 13.2. The zero-order valence-corrected chi connectivity index (χ0v) is 13.2. The molecule has 3 unspecified atom stereocenters. The summed E-state index contributed by atoms with van der Waals surface area (Å²) < 4.78 is 0. The highest BCUT2D eigenvalue weighted by atomic mass is 16.2. The molecular weight excluding hydrogens is 250 g/mol. The van der Waals surface area contributed by atoms with Crippen molar-refractivity contribution in [3.63, 3.8) is 0 Å². The van der Waals surface area contributed by atoms with Gasteiger partial charge in [0.15, 0.2) is 0 Å².